The third-order valence-corrected chi connectivity index (χ3v) is 4.88. The molecule has 7 heteroatoms. The van der Waals surface area contributed by atoms with Crippen LogP contribution in [0.15, 0.2) is 51.9 Å². The summed E-state index contributed by atoms with van der Waals surface area (Å²) >= 11 is 0. The highest BCUT2D eigenvalue weighted by Gasteiger charge is 2.33. The molecule has 130 valence electrons. The molecule has 1 aliphatic rings. The molecule has 1 aliphatic heterocycles. The minimum absolute atomic E-state index is 0.0525. The van der Waals surface area contributed by atoms with Gasteiger partial charge in [0.25, 0.3) is 0 Å². The first-order valence-corrected chi connectivity index (χ1v) is 8.53. The number of nitrogens with zero attached hydrogens (tertiary/aromatic N) is 4. The molecule has 0 N–H and O–H groups in total. The standard InChI is InChI=1S/C18H20N4O3/c1-13(22-15-7-2-3-8-16(15)25-18(22)24)17(23)21-11-4-6-14(21)12-20-10-5-9-19-20/h2-3,5,7-10,13-14H,4,6,11-12H2,1H3/t13-,14-/m1/s1. The van der Waals surface area contributed by atoms with Gasteiger partial charge in [-0.15, -0.1) is 0 Å². The SMILES string of the molecule is C[C@H](C(=O)N1CCC[C@@H]1Cn1cccn1)n1c(=O)oc2ccccc21. The maximum atomic E-state index is 13.1. The normalized spacial score (nSPS) is 18.8. The van der Waals surface area contributed by atoms with E-state index in [-0.39, 0.29) is 11.9 Å². The Morgan fingerprint density at radius 3 is 3.00 bits per heavy atom. The van der Waals surface area contributed by atoms with Gasteiger partial charge in [0.1, 0.15) is 6.04 Å². The molecule has 0 spiro atoms. The topological polar surface area (TPSA) is 73.3 Å². The van der Waals surface area contributed by atoms with E-state index in [9.17, 15) is 9.59 Å². The molecule has 1 saturated heterocycles. The van der Waals surface area contributed by atoms with E-state index in [0.717, 1.165) is 12.8 Å². The lowest BCUT2D eigenvalue weighted by Gasteiger charge is -2.27. The average Bonchev–Trinajstić information content (AvgIpc) is 3.33. The zero-order valence-electron chi connectivity index (χ0n) is 14.0. The summed E-state index contributed by atoms with van der Waals surface area (Å²) in [6, 6.07) is 8.55. The van der Waals surface area contributed by atoms with Gasteiger partial charge in [0, 0.05) is 18.9 Å². The molecule has 25 heavy (non-hydrogen) atoms. The number of hydrogen-bond acceptors (Lipinski definition) is 4. The van der Waals surface area contributed by atoms with Crippen LogP contribution in [0.5, 0.6) is 0 Å². The fourth-order valence-corrected chi connectivity index (χ4v) is 3.64. The van der Waals surface area contributed by atoms with Crippen LogP contribution in [0.2, 0.25) is 0 Å². The average molecular weight is 340 g/mol. The second kappa shape index (κ2) is 6.23. The Hall–Kier alpha value is -2.83. The summed E-state index contributed by atoms with van der Waals surface area (Å²) in [6.45, 7) is 3.14. The zero-order valence-corrected chi connectivity index (χ0v) is 14.0. The predicted octanol–water partition coefficient (Wildman–Crippen LogP) is 2.04. The van der Waals surface area contributed by atoms with Gasteiger partial charge in [0.05, 0.1) is 18.1 Å². The Morgan fingerprint density at radius 2 is 2.20 bits per heavy atom. The fourth-order valence-electron chi connectivity index (χ4n) is 3.64. The van der Waals surface area contributed by atoms with Crippen molar-refractivity contribution in [2.45, 2.75) is 38.4 Å². The number of oxazole rings is 1. The van der Waals surface area contributed by atoms with Gasteiger partial charge in [0.2, 0.25) is 5.91 Å². The largest absolute Gasteiger partial charge is 0.420 e. The highest BCUT2D eigenvalue weighted by atomic mass is 16.4. The molecular weight excluding hydrogens is 320 g/mol. The van der Waals surface area contributed by atoms with E-state index in [2.05, 4.69) is 5.10 Å². The quantitative estimate of drug-likeness (QED) is 0.728. The van der Waals surface area contributed by atoms with Crippen LogP contribution in [-0.2, 0) is 11.3 Å². The van der Waals surface area contributed by atoms with Crippen molar-refractivity contribution in [1.29, 1.82) is 0 Å². The third-order valence-electron chi connectivity index (χ3n) is 4.88. The van der Waals surface area contributed by atoms with Gasteiger partial charge in [0.15, 0.2) is 5.58 Å². The molecule has 0 saturated carbocycles. The minimum atomic E-state index is -0.602. The van der Waals surface area contributed by atoms with E-state index in [1.807, 2.05) is 34.0 Å². The molecule has 1 aromatic carbocycles. The van der Waals surface area contributed by atoms with E-state index >= 15 is 0 Å². The lowest BCUT2D eigenvalue weighted by atomic mass is 10.2. The van der Waals surface area contributed by atoms with Crippen molar-refractivity contribution < 1.29 is 9.21 Å². The Bertz CT molecular complexity index is 941. The lowest BCUT2D eigenvalue weighted by molar-refractivity contribution is -0.135. The van der Waals surface area contributed by atoms with Crippen LogP contribution in [0, 0.1) is 0 Å². The first-order valence-electron chi connectivity index (χ1n) is 8.53. The number of rotatable bonds is 4. The molecule has 2 aromatic heterocycles. The first kappa shape index (κ1) is 15.7. The van der Waals surface area contributed by atoms with Crippen molar-refractivity contribution in [1.82, 2.24) is 19.2 Å². The van der Waals surface area contributed by atoms with E-state index in [1.165, 1.54) is 4.57 Å². The lowest BCUT2D eigenvalue weighted by Crippen LogP contribution is -2.42. The summed E-state index contributed by atoms with van der Waals surface area (Å²) in [5.41, 5.74) is 1.15. The summed E-state index contributed by atoms with van der Waals surface area (Å²) in [6.07, 6.45) is 5.55. The van der Waals surface area contributed by atoms with Gasteiger partial charge in [-0.2, -0.15) is 5.10 Å². The fraction of sp³-hybridized carbons (Fsp3) is 0.389. The Kier molecular flexibility index (Phi) is 3.91. The zero-order chi connectivity index (χ0) is 17.4. The molecule has 0 bridgehead atoms. The summed E-state index contributed by atoms with van der Waals surface area (Å²) < 4.78 is 8.56. The second-order valence-electron chi connectivity index (χ2n) is 6.44. The monoisotopic (exact) mass is 340 g/mol. The van der Waals surface area contributed by atoms with Crippen LogP contribution in [0.3, 0.4) is 0 Å². The summed E-state index contributed by atoms with van der Waals surface area (Å²) in [7, 11) is 0. The van der Waals surface area contributed by atoms with Crippen LogP contribution in [0.25, 0.3) is 11.1 Å². The number of benzene rings is 1. The van der Waals surface area contributed by atoms with Gasteiger partial charge in [-0.3, -0.25) is 14.0 Å². The molecular formula is C18H20N4O3. The van der Waals surface area contributed by atoms with Crippen LogP contribution < -0.4 is 5.76 Å². The van der Waals surface area contributed by atoms with Crippen LogP contribution in [-0.4, -0.2) is 37.7 Å². The van der Waals surface area contributed by atoms with E-state index < -0.39 is 11.8 Å². The molecule has 1 fully saturated rings. The van der Waals surface area contributed by atoms with Crippen LogP contribution in [0.4, 0.5) is 0 Å². The van der Waals surface area contributed by atoms with Crippen molar-refractivity contribution in [3.63, 3.8) is 0 Å². The highest BCUT2D eigenvalue weighted by molar-refractivity contribution is 5.83. The van der Waals surface area contributed by atoms with Crippen molar-refractivity contribution in [2.24, 2.45) is 0 Å². The number of hydrogen-bond donors (Lipinski definition) is 0. The molecule has 3 aromatic rings. The molecule has 7 nitrogen and oxygen atoms in total. The summed E-state index contributed by atoms with van der Waals surface area (Å²) in [5.74, 6) is -0.548. The second-order valence-corrected chi connectivity index (χ2v) is 6.44. The third kappa shape index (κ3) is 2.75. The maximum Gasteiger partial charge on any atom is 0.420 e. The predicted molar refractivity (Wildman–Crippen MR) is 92.1 cm³/mol. The molecule has 4 rings (SSSR count). The van der Waals surface area contributed by atoms with Gasteiger partial charge in [-0.05, 0) is 38.0 Å². The number of para-hydroxylation sites is 2. The van der Waals surface area contributed by atoms with Crippen LogP contribution >= 0.6 is 0 Å². The van der Waals surface area contributed by atoms with Crippen molar-refractivity contribution >= 4 is 17.0 Å². The Labute approximate surface area is 144 Å². The number of carbonyl (C=O) groups is 1. The van der Waals surface area contributed by atoms with Gasteiger partial charge >= 0.3 is 5.76 Å². The molecule has 0 radical (unpaired) electrons. The van der Waals surface area contributed by atoms with Crippen molar-refractivity contribution in [2.75, 3.05) is 6.54 Å². The minimum Gasteiger partial charge on any atom is -0.408 e. The smallest absolute Gasteiger partial charge is 0.408 e. The molecule has 0 unspecified atom stereocenters. The Morgan fingerprint density at radius 1 is 1.36 bits per heavy atom. The number of carbonyl (C=O) groups excluding carboxylic acids is 1. The van der Waals surface area contributed by atoms with Gasteiger partial charge < -0.3 is 9.32 Å². The number of amides is 1. The van der Waals surface area contributed by atoms with Crippen molar-refractivity contribution in [3.05, 3.63) is 53.3 Å². The first-order chi connectivity index (χ1) is 12.1. The van der Waals surface area contributed by atoms with Gasteiger partial charge in [-0.1, -0.05) is 12.1 Å². The van der Waals surface area contributed by atoms with Gasteiger partial charge in [-0.25, -0.2) is 4.79 Å². The Balaban J connectivity index is 1.61. The molecule has 1 amide bonds. The number of likely N-dealkylation sites (tertiary alicyclic amines) is 1. The summed E-state index contributed by atoms with van der Waals surface area (Å²) in [4.78, 5) is 27.2. The molecule has 0 aliphatic carbocycles. The summed E-state index contributed by atoms with van der Waals surface area (Å²) in [5, 5.41) is 4.23. The maximum absolute atomic E-state index is 13.1. The van der Waals surface area contributed by atoms with Crippen LogP contribution in [0.1, 0.15) is 25.8 Å². The van der Waals surface area contributed by atoms with Crippen molar-refractivity contribution in [3.8, 4) is 0 Å². The highest BCUT2D eigenvalue weighted by Crippen LogP contribution is 2.24. The molecule has 2 atom stereocenters. The number of fused-ring (bicyclic) bond motifs is 1. The number of aromatic nitrogens is 3. The van der Waals surface area contributed by atoms with E-state index in [0.29, 0.717) is 24.2 Å². The van der Waals surface area contributed by atoms with E-state index in [4.69, 9.17) is 4.42 Å². The molecule has 3 heterocycles. The van der Waals surface area contributed by atoms with E-state index in [1.54, 1.807) is 25.3 Å².